The summed E-state index contributed by atoms with van der Waals surface area (Å²) in [6.45, 7) is 3.11. The monoisotopic (exact) mass is 168 g/mol. The molecule has 0 amide bonds. The van der Waals surface area contributed by atoms with E-state index >= 15 is 0 Å². The molecule has 4 heteroatoms. The average molecular weight is 168 g/mol. The molecule has 4 nitrogen and oxygen atoms in total. The summed E-state index contributed by atoms with van der Waals surface area (Å²) in [5.74, 6) is 0.0314. The van der Waals surface area contributed by atoms with Gasteiger partial charge in [0.05, 0.1) is 6.42 Å². The van der Waals surface area contributed by atoms with Crippen molar-refractivity contribution in [1.82, 2.24) is 0 Å². The fourth-order valence-electron chi connectivity index (χ4n) is 0.475. The van der Waals surface area contributed by atoms with Crippen LogP contribution in [0.2, 0.25) is 0 Å². The normalized spacial score (nSPS) is 10.9. The van der Waals surface area contributed by atoms with E-state index < -0.39 is 18.0 Å². The Morgan fingerprint density at radius 3 is 2.67 bits per heavy atom. The standard InChI is InChI=1S/C8H8O4/c1-3-5-6(8(10)11)12-7(9)4-2/h1,4,6H,2,5H2,(H,10,11). The molecule has 1 unspecified atom stereocenters. The van der Waals surface area contributed by atoms with E-state index in [0.717, 1.165) is 6.08 Å². The lowest BCUT2D eigenvalue weighted by Gasteiger charge is -2.08. The lowest BCUT2D eigenvalue weighted by molar-refractivity contribution is -0.160. The number of carbonyl (C=O) groups excluding carboxylic acids is 1. The van der Waals surface area contributed by atoms with Crippen LogP contribution in [0, 0.1) is 12.3 Å². The van der Waals surface area contributed by atoms with E-state index in [1.165, 1.54) is 0 Å². The van der Waals surface area contributed by atoms with Crippen LogP contribution in [-0.4, -0.2) is 23.1 Å². The second-order valence-corrected chi connectivity index (χ2v) is 1.88. The molecule has 12 heavy (non-hydrogen) atoms. The second kappa shape index (κ2) is 4.97. The van der Waals surface area contributed by atoms with Gasteiger partial charge in [-0.1, -0.05) is 6.58 Å². The Balaban J connectivity index is 4.15. The first-order chi connectivity index (χ1) is 5.61. The van der Waals surface area contributed by atoms with Crippen molar-refractivity contribution in [2.45, 2.75) is 12.5 Å². The van der Waals surface area contributed by atoms with Crippen molar-refractivity contribution in [1.29, 1.82) is 0 Å². The first kappa shape index (κ1) is 10.2. The minimum absolute atomic E-state index is 0.144. The third-order valence-corrected chi connectivity index (χ3v) is 1.00. The lowest BCUT2D eigenvalue weighted by Crippen LogP contribution is -2.25. The highest BCUT2D eigenvalue weighted by Gasteiger charge is 2.19. The van der Waals surface area contributed by atoms with E-state index in [-0.39, 0.29) is 6.42 Å². The van der Waals surface area contributed by atoms with Gasteiger partial charge < -0.3 is 9.84 Å². The number of terminal acetylenes is 1. The SMILES string of the molecule is C#CCC(OC(=O)C=C)C(=O)O. The summed E-state index contributed by atoms with van der Waals surface area (Å²) in [4.78, 5) is 20.9. The molecule has 1 atom stereocenters. The van der Waals surface area contributed by atoms with Crippen molar-refractivity contribution in [2.75, 3.05) is 0 Å². The Morgan fingerprint density at radius 1 is 1.75 bits per heavy atom. The van der Waals surface area contributed by atoms with Gasteiger partial charge in [0.2, 0.25) is 6.10 Å². The van der Waals surface area contributed by atoms with Crippen LogP contribution in [-0.2, 0) is 14.3 Å². The van der Waals surface area contributed by atoms with Crippen LogP contribution in [0.1, 0.15) is 6.42 Å². The fraction of sp³-hybridized carbons (Fsp3) is 0.250. The van der Waals surface area contributed by atoms with Gasteiger partial charge in [0.1, 0.15) is 0 Å². The van der Waals surface area contributed by atoms with E-state index in [4.69, 9.17) is 11.5 Å². The molecular formula is C8H8O4. The molecule has 0 aliphatic heterocycles. The average Bonchev–Trinajstić information content (AvgIpc) is 2.03. The molecule has 0 saturated carbocycles. The van der Waals surface area contributed by atoms with Crippen molar-refractivity contribution in [3.63, 3.8) is 0 Å². The van der Waals surface area contributed by atoms with Crippen LogP contribution in [0.15, 0.2) is 12.7 Å². The number of esters is 1. The zero-order valence-corrected chi connectivity index (χ0v) is 6.32. The van der Waals surface area contributed by atoms with Gasteiger partial charge in [0.25, 0.3) is 0 Å². The summed E-state index contributed by atoms with van der Waals surface area (Å²) in [5, 5.41) is 8.44. The van der Waals surface area contributed by atoms with E-state index in [2.05, 4.69) is 17.2 Å². The Labute approximate surface area is 69.8 Å². The van der Waals surface area contributed by atoms with Gasteiger partial charge in [-0.2, -0.15) is 0 Å². The summed E-state index contributed by atoms with van der Waals surface area (Å²) >= 11 is 0. The van der Waals surface area contributed by atoms with Crippen LogP contribution in [0.5, 0.6) is 0 Å². The molecule has 1 N–H and O–H groups in total. The minimum atomic E-state index is -1.28. The summed E-state index contributed by atoms with van der Waals surface area (Å²) in [6, 6.07) is 0. The molecule has 0 aliphatic carbocycles. The predicted molar refractivity (Wildman–Crippen MR) is 41.2 cm³/mol. The van der Waals surface area contributed by atoms with Crippen LogP contribution >= 0.6 is 0 Å². The van der Waals surface area contributed by atoms with Gasteiger partial charge in [-0.15, -0.1) is 12.3 Å². The van der Waals surface area contributed by atoms with Crippen molar-refractivity contribution >= 4 is 11.9 Å². The highest BCUT2D eigenvalue weighted by molar-refractivity contribution is 5.84. The molecule has 0 heterocycles. The molecule has 0 fully saturated rings. The quantitative estimate of drug-likeness (QED) is 0.370. The Bertz CT molecular complexity index is 236. The maximum Gasteiger partial charge on any atom is 0.346 e. The lowest BCUT2D eigenvalue weighted by atomic mass is 10.2. The highest BCUT2D eigenvalue weighted by atomic mass is 16.6. The summed E-state index contributed by atoms with van der Waals surface area (Å²) in [7, 11) is 0. The van der Waals surface area contributed by atoms with Gasteiger partial charge in [-0.25, -0.2) is 9.59 Å². The van der Waals surface area contributed by atoms with E-state index in [1.54, 1.807) is 0 Å². The third-order valence-electron chi connectivity index (χ3n) is 1.00. The van der Waals surface area contributed by atoms with Crippen molar-refractivity contribution in [3.8, 4) is 12.3 Å². The first-order valence-corrected chi connectivity index (χ1v) is 3.11. The third kappa shape index (κ3) is 3.42. The first-order valence-electron chi connectivity index (χ1n) is 3.11. The fourth-order valence-corrected chi connectivity index (χ4v) is 0.475. The number of aliphatic carboxylic acids is 1. The minimum Gasteiger partial charge on any atom is -0.478 e. The number of carboxylic acids is 1. The topological polar surface area (TPSA) is 63.6 Å². The summed E-state index contributed by atoms with van der Waals surface area (Å²) in [5.41, 5.74) is 0. The molecule has 64 valence electrons. The largest absolute Gasteiger partial charge is 0.478 e. The van der Waals surface area contributed by atoms with Crippen molar-refractivity contribution in [3.05, 3.63) is 12.7 Å². The van der Waals surface area contributed by atoms with Gasteiger partial charge >= 0.3 is 11.9 Å². The van der Waals surface area contributed by atoms with Crippen molar-refractivity contribution in [2.24, 2.45) is 0 Å². The number of rotatable bonds is 4. The highest BCUT2D eigenvalue weighted by Crippen LogP contribution is 1.98. The molecule has 0 bridgehead atoms. The number of carboxylic acid groups (broad SMARTS) is 1. The molecule has 0 saturated heterocycles. The maximum absolute atomic E-state index is 10.5. The summed E-state index contributed by atoms with van der Waals surface area (Å²) in [6.07, 6.45) is 4.31. The Hall–Kier alpha value is -1.76. The molecule has 0 radical (unpaired) electrons. The number of carbonyl (C=O) groups is 2. The number of hydrogen-bond acceptors (Lipinski definition) is 3. The Kier molecular flexibility index (Phi) is 4.24. The molecule has 0 aromatic heterocycles. The van der Waals surface area contributed by atoms with Crippen LogP contribution in [0.3, 0.4) is 0 Å². The van der Waals surface area contributed by atoms with E-state index in [0.29, 0.717) is 0 Å². The van der Waals surface area contributed by atoms with Gasteiger partial charge in [-0.05, 0) is 0 Å². The maximum atomic E-state index is 10.5. The molecular weight excluding hydrogens is 160 g/mol. The van der Waals surface area contributed by atoms with Crippen LogP contribution in [0.25, 0.3) is 0 Å². The molecule has 0 aromatic rings. The van der Waals surface area contributed by atoms with Gasteiger partial charge in [0.15, 0.2) is 0 Å². The smallest absolute Gasteiger partial charge is 0.346 e. The molecule has 0 aromatic carbocycles. The second-order valence-electron chi connectivity index (χ2n) is 1.88. The zero-order valence-electron chi connectivity index (χ0n) is 6.32. The summed E-state index contributed by atoms with van der Waals surface area (Å²) < 4.78 is 4.40. The van der Waals surface area contributed by atoms with E-state index in [9.17, 15) is 9.59 Å². The van der Waals surface area contributed by atoms with Crippen LogP contribution < -0.4 is 0 Å². The van der Waals surface area contributed by atoms with E-state index in [1.807, 2.05) is 0 Å². The predicted octanol–water partition coefficient (Wildman–Crippen LogP) is 0.192. The zero-order chi connectivity index (χ0) is 9.56. The molecule has 0 spiro atoms. The van der Waals surface area contributed by atoms with Gasteiger partial charge in [-0.3, -0.25) is 0 Å². The molecule has 0 rings (SSSR count). The van der Waals surface area contributed by atoms with Crippen LogP contribution in [0.4, 0.5) is 0 Å². The number of ether oxygens (including phenoxy) is 1. The number of hydrogen-bond donors (Lipinski definition) is 1. The Morgan fingerprint density at radius 2 is 2.33 bits per heavy atom. The van der Waals surface area contributed by atoms with Crippen molar-refractivity contribution < 1.29 is 19.4 Å². The van der Waals surface area contributed by atoms with Gasteiger partial charge in [0, 0.05) is 6.08 Å². The molecule has 0 aliphatic rings.